The number of ether oxygens (including phenoxy) is 1. The summed E-state index contributed by atoms with van der Waals surface area (Å²) in [4.78, 5) is 0. The molecule has 1 aromatic carbocycles. The third-order valence-electron chi connectivity index (χ3n) is 2.10. The summed E-state index contributed by atoms with van der Waals surface area (Å²) >= 11 is 3.42. The van der Waals surface area contributed by atoms with Gasteiger partial charge < -0.3 is 9.84 Å². The van der Waals surface area contributed by atoms with Crippen LogP contribution >= 0.6 is 15.9 Å². The van der Waals surface area contributed by atoms with E-state index >= 15 is 0 Å². The molecule has 0 aliphatic rings. The fourth-order valence-corrected chi connectivity index (χ4v) is 1.71. The molecule has 2 aromatic rings. The SMILES string of the molecule is COc1ccc(Br)c(-n2cc(CO)nn2)c1. The first-order chi connectivity index (χ1) is 7.74. The lowest BCUT2D eigenvalue weighted by Gasteiger charge is -2.06. The molecule has 0 spiro atoms. The van der Waals surface area contributed by atoms with Gasteiger partial charge in [-0.05, 0) is 28.1 Å². The average molecular weight is 284 g/mol. The van der Waals surface area contributed by atoms with Gasteiger partial charge in [-0.2, -0.15) is 0 Å². The standard InChI is InChI=1S/C10H10BrN3O2/c1-16-8-2-3-9(11)10(4-8)14-5-7(6-15)12-13-14/h2-5,15H,6H2,1H3. The van der Waals surface area contributed by atoms with Crippen LogP contribution in [-0.4, -0.2) is 27.2 Å². The number of hydrogen-bond donors (Lipinski definition) is 1. The second kappa shape index (κ2) is 4.63. The highest BCUT2D eigenvalue weighted by Crippen LogP contribution is 2.25. The van der Waals surface area contributed by atoms with Gasteiger partial charge in [0.05, 0.1) is 25.6 Å². The maximum Gasteiger partial charge on any atom is 0.121 e. The van der Waals surface area contributed by atoms with Crippen LogP contribution in [0.5, 0.6) is 5.75 Å². The molecule has 1 N–H and O–H groups in total. The number of aliphatic hydroxyl groups is 1. The normalized spacial score (nSPS) is 10.4. The van der Waals surface area contributed by atoms with Crippen molar-refractivity contribution in [1.82, 2.24) is 15.0 Å². The minimum absolute atomic E-state index is 0.123. The largest absolute Gasteiger partial charge is 0.497 e. The number of methoxy groups -OCH3 is 1. The van der Waals surface area contributed by atoms with Gasteiger partial charge in [-0.3, -0.25) is 0 Å². The van der Waals surface area contributed by atoms with Crippen LogP contribution in [0.4, 0.5) is 0 Å². The first-order valence-electron chi connectivity index (χ1n) is 4.60. The van der Waals surface area contributed by atoms with Gasteiger partial charge in [0.25, 0.3) is 0 Å². The zero-order valence-corrected chi connectivity index (χ0v) is 10.2. The number of benzene rings is 1. The molecule has 0 amide bonds. The van der Waals surface area contributed by atoms with Gasteiger partial charge in [0.15, 0.2) is 0 Å². The Labute approximate surface area is 101 Å². The third-order valence-corrected chi connectivity index (χ3v) is 2.77. The fourth-order valence-electron chi connectivity index (χ4n) is 1.28. The van der Waals surface area contributed by atoms with Gasteiger partial charge in [-0.25, -0.2) is 4.68 Å². The summed E-state index contributed by atoms with van der Waals surface area (Å²) in [6.07, 6.45) is 1.67. The molecule has 6 heteroatoms. The van der Waals surface area contributed by atoms with Crippen molar-refractivity contribution in [2.75, 3.05) is 7.11 Å². The summed E-state index contributed by atoms with van der Waals surface area (Å²) in [6, 6.07) is 5.55. The summed E-state index contributed by atoms with van der Waals surface area (Å²) in [5.41, 5.74) is 1.33. The smallest absolute Gasteiger partial charge is 0.121 e. The van der Waals surface area contributed by atoms with Crippen molar-refractivity contribution in [2.45, 2.75) is 6.61 Å². The Balaban J connectivity index is 2.45. The predicted octanol–water partition coefficient (Wildman–Crippen LogP) is 1.53. The number of aromatic nitrogens is 3. The predicted molar refractivity (Wildman–Crippen MR) is 61.5 cm³/mol. The molecule has 1 aromatic heterocycles. The van der Waals surface area contributed by atoms with Crippen LogP contribution in [0.3, 0.4) is 0 Å². The molecule has 0 aliphatic carbocycles. The zero-order chi connectivity index (χ0) is 11.5. The van der Waals surface area contributed by atoms with Crippen molar-refractivity contribution in [3.05, 3.63) is 34.6 Å². The van der Waals surface area contributed by atoms with Crippen molar-refractivity contribution >= 4 is 15.9 Å². The van der Waals surface area contributed by atoms with E-state index in [0.717, 1.165) is 15.9 Å². The van der Waals surface area contributed by atoms with E-state index in [-0.39, 0.29) is 6.61 Å². The quantitative estimate of drug-likeness (QED) is 0.928. The Morgan fingerprint density at radius 2 is 2.31 bits per heavy atom. The maximum absolute atomic E-state index is 8.92. The fraction of sp³-hybridized carbons (Fsp3) is 0.200. The van der Waals surface area contributed by atoms with E-state index in [4.69, 9.17) is 9.84 Å². The van der Waals surface area contributed by atoms with E-state index in [2.05, 4.69) is 26.2 Å². The summed E-state index contributed by atoms with van der Waals surface area (Å²) in [5, 5.41) is 16.6. The molecule has 16 heavy (non-hydrogen) atoms. The second-order valence-electron chi connectivity index (χ2n) is 3.13. The van der Waals surface area contributed by atoms with Crippen LogP contribution in [0.2, 0.25) is 0 Å². The van der Waals surface area contributed by atoms with Crippen LogP contribution in [-0.2, 0) is 6.61 Å². The molecule has 0 saturated carbocycles. The van der Waals surface area contributed by atoms with Gasteiger partial charge in [-0.1, -0.05) is 5.21 Å². The highest BCUT2D eigenvalue weighted by Gasteiger charge is 2.07. The Bertz CT molecular complexity index is 499. The summed E-state index contributed by atoms with van der Waals surface area (Å²) < 4.78 is 7.59. The molecular formula is C10H10BrN3O2. The van der Waals surface area contributed by atoms with Crippen LogP contribution < -0.4 is 4.74 Å². The molecule has 0 radical (unpaired) electrons. The van der Waals surface area contributed by atoms with Gasteiger partial charge in [0, 0.05) is 10.5 Å². The zero-order valence-electron chi connectivity index (χ0n) is 8.59. The van der Waals surface area contributed by atoms with Crippen molar-refractivity contribution in [3.63, 3.8) is 0 Å². The Hall–Kier alpha value is -1.40. The molecule has 2 rings (SSSR count). The van der Waals surface area contributed by atoms with Crippen LogP contribution in [0, 0.1) is 0 Å². The monoisotopic (exact) mass is 283 g/mol. The first kappa shape index (κ1) is 11.1. The Morgan fingerprint density at radius 3 is 2.94 bits per heavy atom. The van der Waals surface area contributed by atoms with Gasteiger partial charge in [0.2, 0.25) is 0 Å². The van der Waals surface area contributed by atoms with Crippen molar-refractivity contribution in [2.24, 2.45) is 0 Å². The third kappa shape index (κ3) is 2.07. The molecule has 1 heterocycles. The van der Waals surface area contributed by atoms with E-state index in [0.29, 0.717) is 5.69 Å². The molecule has 0 saturated heterocycles. The number of aliphatic hydroxyl groups excluding tert-OH is 1. The molecule has 0 aliphatic heterocycles. The maximum atomic E-state index is 8.92. The number of nitrogens with zero attached hydrogens (tertiary/aromatic N) is 3. The summed E-state index contributed by atoms with van der Waals surface area (Å²) in [7, 11) is 1.60. The molecule has 0 unspecified atom stereocenters. The van der Waals surface area contributed by atoms with Crippen molar-refractivity contribution < 1.29 is 9.84 Å². The summed E-state index contributed by atoms with van der Waals surface area (Å²) in [6.45, 7) is -0.123. The summed E-state index contributed by atoms with van der Waals surface area (Å²) in [5.74, 6) is 0.735. The number of hydrogen-bond acceptors (Lipinski definition) is 4. The Kier molecular flexibility index (Phi) is 3.21. The first-order valence-corrected chi connectivity index (χ1v) is 5.40. The van der Waals surface area contributed by atoms with E-state index in [9.17, 15) is 0 Å². The molecular weight excluding hydrogens is 274 g/mol. The molecule has 0 bridgehead atoms. The molecule has 84 valence electrons. The lowest BCUT2D eigenvalue weighted by atomic mass is 10.3. The second-order valence-corrected chi connectivity index (χ2v) is 3.98. The van der Waals surface area contributed by atoms with E-state index < -0.39 is 0 Å². The topological polar surface area (TPSA) is 60.2 Å². The number of rotatable bonds is 3. The lowest BCUT2D eigenvalue weighted by molar-refractivity contribution is 0.276. The molecule has 0 atom stereocenters. The van der Waals surface area contributed by atoms with Gasteiger partial charge in [0.1, 0.15) is 11.4 Å². The van der Waals surface area contributed by atoms with Gasteiger partial charge >= 0.3 is 0 Å². The van der Waals surface area contributed by atoms with E-state index in [1.54, 1.807) is 18.0 Å². The Morgan fingerprint density at radius 1 is 1.50 bits per heavy atom. The van der Waals surface area contributed by atoms with Crippen LogP contribution in [0.15, 0.2) is 28.9 Å². The van der Waals surface area contributed by atoms with Gasteiger partial charge in [-0.15, -0.1) is 5.10 Å². The average Bonchev–Trinajstić information content (AvgIpc) is 2.78. The lowest BCUT2D eigenvalue weighted by Crippen LogP contribution is -1.97. The van der Waals surface area contributed by atoms with E-state index in [1.165, 1.54) is 0 Å². The van der Waals surface area contributed by atoms with E-state index in [1.807, 2.05) is 18.2 Å². The van der Waals surface area contributed by atoms with Crippen molar-refractivity contribution in [1.29, 1.82) is 0 Å². The number of halogens is 1. The molecule has 5 nitrogen and oxygen atoms in total. The highest BCUT2D eigenvalue weighted by atomic mass is 79.9. The van der Waals surface area contributed by atoms with Crippen molar-refractivity contribution in [3.8, 4) is 11.4 Å². The highest BCUT2D eigenvalue weighted by molar-refractivity contribution is 9.10. The van der Waals surface area contributed by atoms with Crippen LogP contribution in [0.25, 0.3) is 5.69 Å². The van der Waals surface area contributed by atoms with Crippen LogP contribution in [0.1, 0.15) is 5.69 Å². The molecule has 0 fully saturated rings. The minimum atomic E-state index is -0.123. The minimum Gasteiger partial charge on any atom is -0.497 e.